The molecular formula is C20H34O2. The van der Waals surface area contributed by atoms with Crippen molar-refractivity contribution < 1.29 is 10.2 Å². The second-order valence-electron chi connectivity index (χ2n) is 8.23. The maximum Gasteiger partial charge on any atom is 0.0614 e. The average Bonchev–Trinajstić information content (AvgIpc) is 2.46. The molecule has 2 aliphatic rings. The van der Waals surface area contributed by atoms with Crippen LogP contribution in [-0.4, -0.2) is 23.4 Å². The van der Waals surface area contributed by atoms with Gasteiger partial charge in [0.25, 0.3) is 0 Å². The molecule has 0 bridgehead atoms. The SMILES string of the molecule is CC(=CCO)CCC1C(C)=CCC2C(C)(CO)CCCC12C. The fourth-order valence-electron chi connectivity index (χ4n) is 5.33. The molecule has 2 rings (SSSR count). The molecule has 2 heteroatoms. The third-order valence-corrected chi connectivity index (χ3v) is 6.75. The summed E-state index contributed by atoms with van der Waals surface area (Å²) in [6.07, 6.45) is 11.4. The lowest BCUT2D eigenvalue weighted by Crippen LogP contribution is -2.50. The van der Waals surface area contributed by atoms with E-state index in [2.05, 4.69) is 33.8 Å². The average molecular weight is 306 g/mol. The van der Waals surface area contributed by atoms with E-state index in [1.54, 1.807) is 0 Å². The van der Waals surface area contributed by atoms with Gasteiger partial charge in [0.2, 0.25) is 0 Å². The third kappa shape index (κ3) is 3.19. The number of hydrogen-bond donors (Lipinski definition) is 2. The van der Waals surface area contributed by atoms with Crippen LogP contribution in [0.25, 0.3) is 0 Å². The number of aliphatic hydroxyl groups excluding tert-OH is 2. The highest BCUT2D eigenvalue weighted by atomic mass is 16.3. The van der Waals surface area contributed by atoms with Gasteiger partial charge in [0.1, 0.15) is 0 Å². The van der Waals surface area contributed by atoms with E-state index in [0.29, 0.717) is 23.9 Å². The summed E-state index contributed by atoms with van der Waals surface area (Å²) >= 11 is 0. The van der Waals surface area contributed by atoms with Gasteiger partial charge in [-0.15, -0.1) is 0 Å². The van der Waals surface area contributed by atoms with Gasteiger partial charge in [0, 0.05) is 6.61 Å². The predicted molar refractivity (Wildman–Crippen MR) is 92.6 cm³/mol. The minimum absolute atomic E-state index is 0.0818. The van der Waals surface area contributed by atoms with Crippen molar-refractivity contribution in [3.63, 3.8) is 0 Å². The van der Waals surface area contributed by atoms with E-state index in [-0.39, 0.29) is 12.0 Å². The van der Waals surface area contributed by atoms with Crippen LogP contribution in [0, 0.1) is 22.7 Å². The maximum atomic E-state index is 9.99. The summed E-state index contributed by atoms with van der Waals surface area (Å²) in [6.45, 7) is 9.64. The van der Waals surface area contributed by atoms with Gasteiger partial charge in [-0.1, -0.05) is 43.6 Å². The molecule has 2 nitrogen and oxygen atoms in total. The topological polar surface area (TPSA) is 40.5 Å². The lowest BCUT2D eigenvalue weighted by atomic mass is 9.48. The van der Waals surface area contributed by atoms with Crippen molar-refractivity contribution >= 4 is 0 Å². The van der Waals surface area contributed by atoms with E-state index in [9.17, 15) is 5.11 Å². The van der Waals surface area contributed by atoms with E-state index in [4.69, 9.17) is 5.11 Å². The molecule has 0 aliphatic heterocycles. The van der Waals surface area contributed by atoms with Crippen LogP contribution in [0.1, 0.15) is 66.2 Å². The van der Waals surface area contributed by atoms with Crippen LogP contribution < -0.4 is 0 Å². The van der Waals surface area contributed by atoms with Crippen molar-refractivity contribution in [2.75, 3.05) is 13.2 Å². The Labute approximate surface area is 136 Å². The fourth-order valence-corrected chi connectivity index (χ4v) is 5.33. The molecule has 0 saturated heterocycles. The summed E-state index contributed by atoms with van der Waals surface area (Å²) in [5.74, 6) is 1.20. The molecule has 0 aromatic rings. The van der Waals surface area contributed by atoms with Crippen LogP contribution in [0.15, 0.2) is 23.3 Å². The number of hydrogen-bond acceptors (Lipinski definition) is 2. The molecule has 0 radical (unpaired) electrons. The van der Waals surface area contributed by atoms with Crippen molar-refractivity contribution in [2.24, 2.45) is 22.7 Å². The van der Waals surface area contributed by atoms with Crippen LogP contribution in [-0.2, 0) is 0 Å². The van der Waals surface area contributed by atoms with Crippen molar-refractivity contribution in [2.45, 2.75) is 66.2 Å². The van der Waals surface area contributed by atoms with Gasteiger partial charge >= 0.3 is 0 Å². The zero-order valence-electron chi connectivity index (χ0n) is 14.9. The highest BCUT2D eigenvalue weighted by molar-refractivity contribution is 5.19. The Morgan fingerprint density at radius 3 is 2.68 bits per heavy atom. The molecule has 0 amide bonds. The molecule has 0 aromatic heterocycles. The normalized spacial score (nSPS) is 39.4. The zero-order valence-corrected chi connectivity index (χ0v) is 14.9. The Hall–Kier alpha value is -0.600. The molecule has 1 saturated carbocycles. The van der Waals surface area contributed by atoms with E-state index >= 15 is 0 Å². The summed E-state index contributed by atoms with van der Waals surface area (Å²) in [6, 6.07) is 0. The second kappa shape index (κ2) is 6.88. The lowest BCUT2D eigenvalue weighted by Gasteiger charge is -2.57. The molecular weight excluding hydrogens is 272 g/mol. The quantitative estimate of drug-likeness (QED) is 0.735. The Morgan fingerprint density at radius 2 is 2.05 bits per heavy atom. The first-order valence-corrected chi connectivity index (χ1v) is 8.91. The number of fused-ring (bicyclic) bond motifs is 1. The van der Waals surface area contributed by atoms with E-state index < -0.39 is 0 Å². The van der Waals surface area contributed by atoms with Gasteiger partial charge in [-0.3, -0.25) is 0 Å². The molecule has 126 valence electrons. The van der Waals surface area contributed by atoms with Gasteiger partial charge in [-0.25, -0.2) is 0 Å². The van der Waals surface area contributed by atoms with Gasteiger partial charge < -0.3 is 10.2 Å². The van der Waals surface area contributed by atoms with Crippen molar-refractivity contribution in [1.82, 2.24) is 0 Å². The summed E-state index contributed by atoms with van der Waals surface area (Å²) in [5, 5.41) is 19.0. The summed E-state index contributed by atoms with van der Waals surface area (Å²) < 4.78 is 0. The molecule has 1 fully saturated rings. The summed E-state index contributed by atoms with van der Waals surface area (Å²) in [4.78, 5) is 0. The first-order chi connectivity index (χ1) is 10.4. The van der Waals surface area contributed by atoms with E-state index in [1.807, 2.05) is 6.08 Å². The van der Waals surface area contributed by atoms with Gasteiger partial charge in [-0.05, 0) is 68.6 Å². The Bertz CT molecular complexity index is 451. The van der Waals surface area contributed by atoms with Gasteiger partial charge in [0.05, 0.1) is 6.61 Å². The molecule has 4 unspecified atom stereocenters. The molecule has 0 aromatic carbocycles. The highest BCUT2D eigenvalue weighted by Gasteiger charge is 2.52. The number of rotatable bonds is 5. The fraction of sp³-hybridized carbons (Fsp3) is 0.800. The van der Waals surface area contributed by atoms with Crippen LogP contribution in [0.2, 0.25) is 0 Å². The Morgan fingerprint density at radius 1 is 1.32 bits per heavy atom. The summed E-state index contributed by atoms with van der Waals surface area (Å²) in [5.41, 5.74) is 3.23. The van der Waals surface area contributed by atoms with E-state index in [1.165, 1.54) is 30.4 Å². The van der Waals surface area contributed by atoms with Crippen molar-refractivity contribution in [1.29, 1.82) is 0 Å². The Balaban J connectivity index is 2.23. The van der Waals surface area contributed by atoms with Crippen LogP contribution in [0.4, 0.5) is 0 Å². The predicted octanol–water partition coefficient (Wildman–Crippen LogP) is 4.48. The van der Waals surface area contributed by atoms with Crippen LogP contribution in [0.5, 0.6) is 0 Å². The van der Waals surface area contributed by atoms with Gasteiger partial charge in [-0.2, -0.15) is 0 Å². The number of allylic oxidation sites excluding steroid dienone is 3. The summed E-state index contributed by atoms with van der Waals surface area (Å²) in [7, 11) is 0. The monoisotopic (exact) mass is 306 g/mol. The minimum Gasteiger partial charge on any atom is -0.396 e. The Kier molecular flexibility index (Phi) is 5.55. The lowest BCUT2D eigenvalue weighted by molar-refractivity contribution is -0.0738. The van der Waals surface area contributed by atoms with Crippen molar-refractivity contribution in [3.8, 4) is 0 Å². The van der Waals surface area contributed by atoms with Crippen LogP contribution in [0.3, 0.4) is 0 Å². The van der Waals surface area contributed by atoms with Crippen molar-refractivity contribution in [3.05, 3.63) is 23.3 Å². The van der Waals surface area contributed by atoms with Gasteiger partial charge in [0.15, 0.2) is 0 Å². The maximum absolute atomic E-state index is 9.99. The standard InChI is InChI=1S/C20H34O2/c1-15(10-13-21)6-8-17-16(2)7-9-18-19(3,14-22)11-5-12-20(17,18)4/h7,10,17-18,21-22H,5-6,8-9,11-14H2,1-4H3. The number of aliphatic hydroxyl groups is 2. The largest absolute Gasteiger partial charge is 0.396 e. The molecule has 2 N–H and O–H groups in total. The zero-order chi connectivity index (χ0) is 16.4. The first kappa shape index (κ1) is 17.7. The second-order valence-corrected chi connectivity index (χ2v) is 8.23. The molecule has 0 spiro atoms. The molecule has 4 atom stereocenters. The smallest absolute Gasteiger partial charge is 0.0614 e. The first-order valence-electron chi connectivity index (χ1n) is 8.91. The third-order valence-electron chi connectivity index (χ3n) is 6.75. The van der Waals surface area contributed by atoms with Crippen LogP contribution >= 0.6 is 0 Å². The molecule has 22 heavy (non-hydrogen) atoms. The highest BCUT2D eigenvalue weighted by Crippen LogP contribution is 2.60. The minimum atomic E-state index is 0.0818. The molecule has 0 heterocycles. The molecule has 2 aliphatic carbocycles. The van der Waals surface area contributed by atoms with E-state index in [0.717, 1.165) is 19.3 Å².